The molecule has 1 aromatic rings. The van der Waals surface area contributed by atoms with Gasteiger partial charge in [-0.05, 0) is 37.0 Å². The van der Waals surface area contributed by atoms with Crippen molar-refractivity contribution in [1.29, 1.82) is 0 Å². The fourth-order valence-electron chi connectivity index (χ4n) is 3.07. The van der Waals surface area contributed by atoms with Crippen LogP contribution in [0.25, 0.3) is 0 Å². The molecule has 2 fully saturated rings. The first-order chi connectivity index (χ1) is 7.74. The summed E-state index contributed by atoms with van der Waals surface area (Å²) in [6.45, 7) is 0. The van der Waals surface area contributed by atoms with E-state index in [4.69, 9.17) is 5.11 Å². The fourth-order valence-corrected chi connectivity index (χ4v) is 3.07. The van der Waals surface area contributed by atoms with E-state index >= 15 is 0 Å². The van der Waals surface area contributed by atoms with Gasteiger partial charge in [-0.2, -0.15) is 0 Å². The maximum atomic E-state index is 10.7. The molecule has 0 aliphatic carbocycles. The van der Waals surface area contributed by atoms with Crippen molar-refractivity contribution >= 4 is 5.97 Å². The van der Waals surface area contributed by atoms with Gasteiger partial charge in [0.1, 0.15) is 0 Å². The highest BCUT2D eigenvalue weighted by Gasteiger charge is 2.39. The second kappa shape index (κ2) is 3.59. The maximum absolute atomic E-state index is 10.7. The van der Waals surface area contributed by atoms with Crippen LogP contribution >= 0.6 is 0 Å². The van der Waals surface area contributed by atoms with Gasteiger partial charge >= 0.3 is 5.97 Å². The fraction of sp³-hybridized carbons (Fsp3) is 0.462. The molecule has 0 saturated carbocycles. The maximum Gasteiger partial charge on any atom is 0.335 e. The largest absolute Gasteiger partial charge is 0.478 e. The van der Waals surface area contributed by atoms with Crippen LogP contribution in [0, 0.1) is 0 Å². The van der Waals surface area contributed by atoms with Crippen LogP contribution < -0.4 is 5.32 Å². The van der Waals surface area contributed by atoms with Gasteiger partial charge in [-0.25, -0.2) is 4.79 Å². The van der Waals surface area contributed by atoms with Crippen molar-refractivity contribution in [3.8, 4) is 0 Å². The Bertz CT molecular complexity index is 412. The monoisotopic (exact) mass is 217 g/mol. The Hall–Kier alpha value is -1.35. The van der Waals surface area contributed by atoms with Crippen LogP contribution in [0.2, 0.25) is 0 Å². The van der Waals surface area contributed by atoms with E-state index in [2.05, 4.69) is 5.32 Å². The van der Waals surface area contributed by atoms with E-state index in [-0.39, 0.29) is 0 Å². The van der Waals surface area contributed by atoms with Gasteiger partial charge in [-0.3, -0.25) is 0 Å². The molecule has 1 aromatic carbocycles. The molecule has 3 atom stereocenters. The van der Waals surface area contributed by atoms with E-state index in [1.54, 1.807) is 12.1 Å². The zero-order valence-electron chi connectivity index (χ0n) is 9.02. The third kappa shape index (κ3) is 1.52. The standard InChI is InChI=1S/C13H15NO2/c15-13(16)9-3-1-8(2-4-9)11-7-10-5-6-12(11)14-10/h1-4,10-12,14H,5-7H2,(H,15,16). The van der Waals surface area contributed by atoms with Crippen LogP contribution in [0.15, 0.2) is 24.3 Å². The molecule has 2 bridgehead atoms. The average molecular weight is 217 g/mol. The van der Waals surface area contributed by atoms with E-state index in [1.165, 1.54) is 24.8 Å². The topological polar surface area (TPSA) is 49.3 Å². The van der Waals surface area contributed by atoms with Crippen LogP contribution in [0.4, 0.5) is 0 Å². The Morgan fingerprint density at radius 1 is 1.25 bits per heavy atom. The number of benzene rings is 1. The summed E-state index contributed by atoms with van der Waals surface area (Å²) in [6.07, 6.45) is 3.77. The zero-order valence-corrected chi connectivity index (χ0v) is 9.02. The van der Waals surface area contributed by atoms with E-state index in [9.17, 15) is 4.79 Å². The van der Waals surface area contributed by atoms with Gasteiger partial charge < -0.3 is 10.4 Å². The number of rotatable bonds is 2. The van der Waals surface area contributed by atoms with E-state index in [1.807, 2.05) is 12.1 Å². The number of carboxylic acids is 1. The highest BCUT2D eigenvalue weighted by molar-refractivity contribution is 5.87. The smallest absolute Gasteiger partial charge is 0.335 e. The molecule has 3 heteroatoms. The number of hydrogen-bond acceptors (Lipinski definition) is 2. The van der Waals surface area contributed by atoms with Crippen LogP contribution in [0.1, 0.15) is 41.1 Å². The molecule has 16 heavy (non-hydrogen) atoms. The molecule has 0 radical (unpaired) electrons. The zero-order chi connectivity index (χ0) is 11.1. The highest BCUT2D eigenvalue weighted by Crippen LogP contribution is 2.39. The molecule has 2 N–H and O–H groups in total. The van der Waals surface area contributed by atoms with Crippen molar-refractivity contribution in [2.24, 2.45) is 0 Å². The average Bonchev–Trinajstić information content (AvgIpc) is 2.91. The van der Waals surface area contributed by atoms with Crippen LogP contribution in [0.3, 0.4) is 0 Å². The minimum Gasteiger partial charge on any atom is -0.478 e. The molecule has 84 valence electrons. The van der Waals surface area contributed by atoms with Gasteiger partial charge in [-0.1, -0.05) is 12.1 Å². The van der Waals surface area contributed by atoms with Crippen LogP contribution in [0.5, 0.6) is 0 Å². The lowest BCUT2D eigenvalue weighted by Gasteiger charge is -2.20. The lowest BCUT2D eigenvalue weighted by atomic mass is 9.84. The van der Waals surface area contributed by atoms with Gasteiger partial charge in [0.05, 0.1) is 5.56 Å². The molecule has 0 aromatic heterocycles. The van der Waals surface area contributed by atoms with Gasteiger partial charge in [0.2, 0.25) is 0 Å². The second-order valence-corrected chi connectivity index (χ2v) is 4.82. The summed E-state index contributed by atoms with van der Waals surface area (Å²) in [4.78, 5) is 10.7. The minimum absolute atomic E-state index is 0.375. The molecule has 3 rings (SSSR count). The highest BCUT2D eigenvalue weighted by atomic mass is 16.4. The number of aromatic carboxylic acids is 1. The summed E-state index contributed by atoms with van der Waals surface area (Å²) < 4.78 is 0. The number of fused-ring (bicyclic) bond motifs is 2. The molecule has 3 unspecified atom stereocenters. The number of carboxylic acid groups (broad SMARTS) is 1. The minimum atomic E-state index is -0.849. The SMILES string of the molecule is O=C(O)c1ccc(C2CC3CCC2N3)cc1. The van der Waals surface area contributed by atoms with E-state index in [0.29, 0.717) is 23.6 Å². The van der Waals surface area contributed by atoms with Crippen molar-refractivity contribution in [3.63, 3.8) is 0 Å². The van der Waals surface area contributed by atoms with Crippen LogP contribution in [-0.4, -0.2) is 23.2 Å². The van der Waals surface area contributed by atoms with Crippen molar-refractivity contribution in [2.75, 3.05) is 0 Å². The van der Waals surface area contributed by atoms with Crippen molar-refractivity contribution in [2.45, 2.75) is 37.3 Å². The summed E-state index contributed by atoms with van der Waals surface area (Å²) in [5.74, 6) is -0.265. The molecular weight excluding hydrogens is 202 g/mol. The Kier molecular flexibility index (Phi) is 2.21. The van der Waals surface area contributed by atoms with Gasteiger partial charge in [0.15, 0.2) is 0 Å². The van der Waals surface area contributed by atoms with Gasteiger partial charge in [-0.15, -0.1) is 0 Å². The van der Waals surface area contributed by atoms with E-state index < -0.39 is 5.97 Å². The lowest BCUT2D eigenvalue weighted by molar-refractivity contribution is 0.0697. The molecule has 0 amide bonds. The summed E-state index contributed by atoms with van der Waals surface area (Å²) in [7, 11) is 0. The third-order valence-electron chi connectivity index (χ3n) is 3.89. The predicted octanol–water partition coefficient (Wildman–Crippen LogP) is 1.99. The molecule has 2 heterocycles. The summed E-state index contributed by atoms with van der Waals surface area (Å²) in [5.41, 5.74) is 1.66. The predicted molar refractivity (Wildman–Crippen MR) is 60.7 cm³/mol. The number of carbonyl (C=O) groups is 1. The second-order valence-electron chi connectivity index (χ2n) is 4.82. The first-order valence-corrected chi connectivity index (χ1v) is 5.83. The first-order valence-electron chi connectivity index (χ1n) is 5.83. The molecule has 2 aliphatic heterocycles. The molecule has 2 saturated heterocycles. The number of nitrogens with one attached hydrogen (secondary N) is 1. The van der Waals surface area contributed by atoms with Crippen molar-refractivity contribution in [1.82, 2.24) is 5.32 Å². The normalized spacial score (nSPS) is 31.9. The quantitative estimate of drug-likeness (QED) is 0.796. The van der Waals surface area contributed by atoms with Crippen molar-refractivity contribution in [3.05, 3.63) is 35.4 Å². The Morgan fingerprint density at radius 3 is 2.50 bits per heavy atom. The molecule has 3 nitrogen and oxygen atoms in total. The Balaban J connectivity index is 1.82. The summed E-state index contributed by atoms with van der Waals surface area (Å²) in [6, 6.07) is 8.66. The molecular formula is C13H15NO2. The van der Waals surface area contributed by atoms with E-state index in [0.717, 1.165) is 0 Å². The molecule has 0 spiro atoms. The lowest BCUT2D eigenvalue weighted by Crippen LogP contribution is -2.21. The van der Waals surface area contributed by atoms with Gasteiger partial charge in [0.25, 0.3) is 0 Å². The van der Waals surface area contributed by atoms with Gasteiger partial charge in [0, 0.05) is 18.0 Å². The summed E-state index contributed by atoms with van der Waals surface area (Å²) >= 11 is 0. The Labute approximate surface area is 94.5 Å². The van der Waals surface area contributed by atoms with Crippen LogP contribution in [-0.2, 0) is 0 Å². The Morgan fingerprint density at radius 2 is 2.00 bits per heavy atom. The molecule has 2 aliphatic rings. The first kappa shape index (κ1) is 9.85. The summed E-state index contributed by atoms with van der Waals surface area (Å²) in [5, 5.41) is 12.4. The number of hydrogen-bond donors (Lipinski definition) is 2. The third-order valence-corrected chi connectivity index (χ3v) is 3.89. The van der Waals surface area contributed by atoms with Crippen molar-refractivity contribution < 1.29 is 9.90 Å².